The Balaban J connectivity index is -0.000000245. The predicted octanol–water partition coefficient (Wildman–Crippen LogP) is -0.289. The third kappa shape index (κ3) is 11.3. The quantitative estimate of drug-likeness (QED) is 0.644. The van der Waals surface area contributed by atoms with Gasteiger partial charge in [0.2, 0.25) is 0 Å². The Labute approximate surface area is 74.4 Å². The molecule has 0 aromatic carbocycles. The lowest BCUT2D eigenvalue weighted by atomic mass is 10.3. The van der Waals surface area contributed by atoms with E-state index in [0.29, 0.717) is 0 Å². The number of hydrogen-bond donors (Lipinski definition) is 2. The topological polar surface area (TPSA) is 49.5 Å². The molecule has 3 nitrogen and oxygen atoms in total. The van der Waals surface area contributed by atoms with Gasteiger partial charge in [0.25, 0.3) is 0 Å². The van der Waals surface area contributed by atoms with Gasteiger partial charge in [-0.25, -0.2) is 0 Å². The first kappa shape index (κ1) is 16.8. The summed E-state index contributed by atoms with van der Waals surface area (Å²) in [5, 5.41) is 8.43. The number of hydrogen-bond acceptors (Lipinski definition) is 3. The number of halogens is 2. The van der Waals surface area contributed by atoms with Crippen molar-refractivity contribution >= 4 is 24.8 Å². The molecule has 0 fully saturated rings. The van der Waals surface area contributed by atoms with Crippen LogP contribution in [0.25, 0.3) is 0 Å². The number of aliphatic hydroxyl groups is 1. The standard InChI is InChI=1S/C5H14N2O.2ClH/c1-7(2)3-5(6)4-8;;/h5,8H,3-4,6H2,1-2H3;2*1H. The molecule has 5 heteroatoms. The molecule has 0 heterocycles. The van der Waals surface area contributed by atoms with Crippen molar-refractivity contribution in [2.75, 3.05) is 27.2 Å². The molecule has 1 unspecified atom stereocenters. The van der Waals surface area contributed by atoms with E-state index in [9.17, 15) is 0 Å². The minimum absolute atomic E-state index is 0. The van der Waals surface area contributed by atoms with Gasteiger partial charge in [0, 0.05) is 12.6 Å². The molecule has 66 valence electrons. The van der Waals surface area contributed by atoms with E-state index in [-0.39, 0.29) is 37.5 Å². The van der Waals surface area contributed by atoms with Crippen molar-refractivity contribution in [3.05, 3.63) is 0 Å². The molecule has 0 aliphatic carbocycles. The van der Waals surface area contributed by atoms with E-state index in [2.05, 4.69) is 0 Å². The molecule has 0 radical (unpaired) electrons. The lowest BCUT2D eigenvalue weighted by molar-refractivity contribution is 0.236. The first-order chi connectivity index (χ1) is 3.66. The van der Waals surface area contributed by atoms with Crippen LogP contribution < -0.4 is 5.73 Å². The predicted molar refractivity (Wildman–Crippen MR) is 48.1 cm³/mol. The van der Waals surface area contributed by atoms with Gasteiger partial charge in [-0.2, -0.15) is 0 Å². The Morgan fingerprint density at radius 3 is 1.90 bits per heavy atom. The maximum atomic E-state index is 8.43. The smallest absolute Gasteiger partial charge is 0.0595 e. The highest BCUT2D eigenvalue weighted by atomic mass is 35.5. The van der Waals surface area contributed by atoms with Crippen LogP contribution in [-0.2, 0) is 0 Å². The Morgan fingerprint density at radius 1 is 1.40 bits per heavy atom. The van der Waals surface area contributed by atoms with Gasteiger partial charge in [-0.3, -0.25) is 0 Å². The second-order valence-electron chi connectivity index (χ2n) is 2.20. The SMILES string of the molecule is CN(C)CC(N)CO.Cl.Cl. The zero-order chi connectivity index (χ0) is 6.57. The summed E-state index contributed by atoms with van der Waals surface area (Å²) in [6.45, 7) is 0.814. The Bertz CT molecular complexity index is 63.6. The summed E-state index contributed by atoms with van der Waals surface area (Å²) in [4.78, 5) is 1.95. The van der Waals surface area contributed by atoms with E-state index in [1.807, 2.05) is 19.0 Å². The summed E-state index contributed by atoms with van der Waals surface area (Å²) in [6.07, 6.45) is 0. The number of rotatable bonds is 3. The van der Waals surface area contributed by atoms with E-state index >= 15 is 0 Å². The molecule has 0 aromatic rings. The van der Waals surface area contributed by atoms with E-state index in [4.69, 9.17) is 10.8 Å². The maximum absolute atomic E-state index is 8.43. The minimum atomic E-state index is -0.0926. The molecule has 1 atom stereocenters. The van der Waals surface area contributed by atoms with Crippen molar-refractivity contribution in [3.63, 3.8) is 0 Å². The van der Waals surface area contributed by atoms with Crippen molar-refractivity contribution in [1.82, 2.24) is 4.90 Å². The molecule has 3 N–H and O–H groups in total. The second-order valence-corrected chi connectivity index (χ2v) is 2.20. The van der Waals surface area contributed by atoms with E-state index in [1.165, 1.54) is 0 Å². The zero-order valence-corrected chi connectivity index (χ0v) is 7.91. The fraction of sp³-hybridized carbons (Fsp3) is 1.00. The molecule has 0 saturated carbocycles. The monoisotopic (exact) mass is 190 g/mol. The number of nitrogens with two attached hydrogens (primary N) is 1. The van der Waals surface area contributed by atoms with Gasteiger partial charge >= 0.3 is 0 Å². The van der Waals surface area contributed by atoms with Gasteiger partial charge in [-0.15, -0.1) is 24.8 Å². The van der Waals surface area contributed by atoms with Gasteiger partial charge in [-0.05, 0) is 14.1 Å². The summed E-state index contributed by atoms with van der Waals surface area (Å²) < 4.78 is 0. The number of likely N-dealkylation sites (N-methyl/N-ethyl adjacent to an activating group) is 1. The van der Waals surface area contributed by atoms with Crippen molar-refractivity contribution in [2.45, 2.75) is 6.04 Å². The summed E-state index contributed by atoms with van der Waals surface area (Å²) in [7, 11) is 3.85. The van der Waals surface area contributed by atoms with Crippen LogP contribution in [0, 0.1) is 0 Å². The van der Waals surface area contributed by atoms with Crippen LogP contribution in [0.15, 0.2) is 0 Å². The fourth-order valence-electron chi connectivity index (χ4n) is 0.527. The summed E-state index contributed by atoms with van der Waals surface area (Å²) in [5.74, 6) is 0. The highest BCUT2D eigenvalue weighted by Crippen LogP contribution is 1.78. The highest BCUT2D eigenvalue weighted by Gasteiger charge is 1.98. The lowest BCUT2D eigenvalue weighted by Crippen LogP contribution is -2.35. The zero-order valence-electron chi connectivity index (χ0n) is 6.28. The third-order valence-corrected chi connectivity index (χ3v) is 0.834. The molecular formula is C5H16Cl2N2O. The van der Waals surface area contributed by atoms with Gasteiger partial charge in [0.15, 0.2) is 0 Å². The normalized spacial score (nSPS) is 11.7. The van der Waals surface area contributed by atoms with Crippen LogP contribution >= 0.6 is 24.8 Å². The molecule has 10 heavy (non-hydrogen) atoms. The minimum Gasteiger partial charge on any atom is -0.395 e. The number of nitrogens with zero attached hydrogens (tertiary/aromatic N) is 1. The Hall–Kier alpha value is 0.460. The second kappa shape index (κ2) is 9.46. The average Bonchev–Trinajstić information content (AvgIpc) is 1.65. The highest BCUT2D eigenvalue weighted by molar-refractivity contribution is 5.85. The third-order valence-electron chi connectivity index (χ3n) is 0.834. The lowest BCUT2D eigenvalue weighted by Gasteiger charge is -2.13. The molecular weight excluding hydrogens is 175 g/mol. The largest absolute Gasteiger partial charge is 0.395 e. The first-order valence-electron chi connectivity index (χ1n) is 2.68. The Kier molecular flexibility index (Phi) is 15.9. The maximum Gasteiger partial charge on any atom is 0.0595 e. The van der Waals surface area contributed by atoms with E-state index in [0.717, 1.165) is 6.54 Å². The van der Waals surface area contributed by atoms with Crippen molar-refractivity contribution in [3.8, 4) is 0 Å². The summed E-state index contributed by atoms with van der Waals surface area (Å²) >= 11 is 0. The fourth-order valence-corrected chi connectivity index (χ4v) is 0.527. The van der Waals surface area contributed by atoms with Gasteiger partial charge in [0.1, 0.15) is 0 Å². The van der Waals surface area contributed by atoms with Crippen LogP contribution in [0.3, 0.4) is 0 Å². The molecule has 0 aliphatic rings. The van der Waals surface area contributed by atoms with Crippen molar-refractivity contribution in [1.29, 1.82) is 0 Å². The van der Waals surface area contributed by atoms with E-state index < -0.39 is 0 Å². The number of aliphatic hydroxyl groups excluding tert-OH is 1. The molecule has 0 rings (SSSR count). The molecule has 0 amide bonds. The molecule has 0 bridgehead atoms. The van der Waals surface area contributed by atoms with Crippen LogP contribution in [0.4, 0.5) is 0 Å². The van der Waals surface area contributed by atoms with Crippen LogP contribution in [-0.4, -0.2) is 43.3 Å². The van der Waals surface area contributed by atoms with Crippen molar-refractivity contribution < 1.29 is 5.11 Å². The molecule has 0 aliphatic heterocycles. The van der Waals surface area contributed by atoms with E-state index in [1.54, 1.807) is 0 Å². The van der Waals surface area contributed by atoms with Crippen LogP contribution in [0.2, 0.25) is 0 Å². The van der Waals surface area contributed by atoms with Crippen LogP contribution in [0.5, 0.6) is 0 Å². The molecule has 0 aromatic heterocycles. The summed E-state index contributed by atoms with van der Waals surface area (Å²) in [6, 6.07) is -0.0926. The van der Waals surface area contributed by atoms with Crippen molar-refractivity contribution in [2.24, 2.45) is 5.73 Å². The Morgan fingerprint density at radius 2 is 1.80 bits per heavy atom. The molecule has 0 spiro atoms. The molecule has 0 saturated heterocycles. The van der Waals surface area contributed by atoms with Gasteiger partial charge < -0.3 is 15.7 Å². The first-order valence-corrected chi connectivity index (χ1v) is 2.68. The van der Waals surface area contributed by atoms with Gasteiger partial charge in [-0.1, -0.05) is 0 Å². The average molecular weight is 191 g/mol. The van der Waals surface area contributed by atoms with Crippen LogP contribution in [0.1, 0.15) is 0 Å². The summed E-state index contributed by atoms with van der Waals surface area (Å²) in [5.41, 5.74) is 5.38. The van der Waals surface area contributed by atoms with Gasteiger partial charge in [0.05, 0.1) is 6.61 Å².